The molecule has 0 heterocycles. The van der Waals surface area contributed by atoms with Crippen molar-refractivity contribution in [2.75, 3.05) is 0 Å². The van der Waals surface area contributed by atoms with Gasteiger partial charge < -0.3 is 4.74 Å². The van der Waals surface area contributed by atoms with E-state index >= 15 is 0 Å². The van der Waals surface area contributed by atoms with E-state index in [0.29, 0.717) is 12.2 Å². The number of hydrogen-bond donors (Lipinski definition) is 0. The Balaban J connectivity index is 1.74. The molecule has 0 atom stereocenters. The summed E-state index contributed by atoms with van der Waals surface area (Å²) in [6, 6.07) is 28.1. The van der Waals surface area contributed by atoms with Crippen molar-refractivity contribution in [2.45, 2.75) is 13.0 Å². The molecular weight excluding hydrogens is 294 g/mol. The molecule has 117 valence electrons. The Morgan fingerprint density at radius 2 is 1.50 bits per heavy atom. The van der Waals surface area contributed by atoms with E-state index < -0.39 is 0 Å². The van der Waals surface area contributed by atoms with Crippen molar-refractivity contribution in [2.24, 2.45) is 0 Å². The first-order chi connectivity index (χ1) is 11.8. The first-order valence-electron chi connectivity index (χ1n) is 7.93. The lowest BCUT2D eigenvalue weighted by Crippen LogP contribution is -1.99. The van der Waals surface area contributed by atoms with Crippen LogP contribution in [0.5, 0.6) is 5.75 Å². The third-order valence-electron chi connectivity index (χ3n) is 3.78. The number of rotatable bonds is 6. The van der Waals surface area contributed by atoms with E-state index in [2.05, 4.69) is 24.6 Å². The Labute approximate surface area is 143 Å². The van der Waals surface area contributed by atoms with Gasteiger partial charge in [0.25, 0.3) is 0 Å². The van der Waals surface area contributed by atoms with Gasteiger partial charge in [-0.25, -0.2) is 0 Å². The Morgan fingerprint density at radius 1 is 0.833 bits per heavy atom. The van der Waals surface area contributed by atoms with Crippen LogP contribution in [0.2, 0.25) is 0 Å². The van der Waals surface area contributed by atoms with Crippen molar-refractivity contribution in [1.29, 1.82) is 5.26 Å². The molecule has 0 aliphatic rings. The summed E-state index contributed by atoms with van der Waals surface area (Å²) in [5.41, 5.74) is 3.94. The molecule has 2 nitrogen and oxygen atoms in total. The van der Waals surface area contributed by atoms with Gasteiger partial charge in [0.05, 0.1) is 11.6 Å². The lowest BCUT2D eigenvalue weighted by molar-refractivity contribution is 0.304. The largest absolute Gasteiger partial charge is 0.489 e. The highest BCUT2D eigenvalue weighted by Gasteiger charge is 2.07. The zero-order valence-electron chi connectivity index (χ0n) is 13.4. The van der Waals surface area contributed by atoms with Crippen LogP contribution in [0.4, 0.5) is 0 Å². The molecule has 0 saturated carbocycles. The lowest BCUT2D eigenvalue weighted by atomic mass is 10.0. The zero-order valence-corrected chi connectivity index (χ0v) is 13.4. The minimum absolute atomic E-state index is 0.513. The van der Waals surface area contributed by atoms with Gasteiger partial charge in [-0.05, 0) is 47.7 Å². The van der Waals surface area contributed by atoms with E-state index in [0.717, 1.165) is 23.3 Å². The quantitative estimate of drug-likeness (QED) is 0.646. The summed E-state index contributed by atoms with van der Waals surface area (Å²) in [6.07, 6.45) is 2.91. The first-order valence-corrected chi connectivity index (χ1v) is 7.93. The maximum absolute atomic E-state index is 9.14. The molecule has 1 radical (unpaired) electrons. The second-order valence-corrected chi connectivity index (χ2v) is 5.53. The van der Waals surface area contributed by atoms with Crippen molar-refractivity contribution >= 4 is 0 Å². The van der Waals surface area contributed by atoms with Gasteiger partial charge in [-0.3, -0.25) is 0 Å². The van der Waals surface area contributed by atoms with Crippen LogP contribution in [0, 0.1) is 17.8 Å². The molecule has 0 fully saturated rings. The number of nitrogens with zero attached hydrogens (tertiary/aromatic N) is 1. The van der Waals surface area contributed by atoms with Crippen LogP contribution in [0.3, 0.4) is 0 Å². The zero-order chi connectivity index (χ0) is 16.6. The molecule has 3 aromatic carbocycles. The van der Waals surface area contributed by atoms with Gasteiger partial charge in [0.2, 0.25) is 0 Å². The van der Waals surface area contributed by atoms with E-state index in [1.165, 1.54) is 5.56 Å². The fourth-order valence-electron chi connectivity index (χ4n) is 2.49. The monoisotopic (exact) mass is 312 g/mol. The van der Waals surface area contributed by atoms with Gasteiger partial charge >= 0.3 is 0 Å². The third kappa shape index (κ3) is 4.24. The molecule has 0 amide bonds. The molecule has 0 saturated heterocycles. The van der Waals surface area contributed by atoms with Gasteiger partial charge in [0.15, 0.2) is 0 Å². The Morgan fingerprint density at radius 3 is 2.17 bits per heavy atom. The summed E-state index contributed by atoms with van der Waals surface area (Å²) in [5, 5.41) is 9.14. The van der Waals surface area contributed by atoms with E-state index in [1.807, 2.05) is 60.7 Å². The second-order valence-electron chi connectivity index (χ2n) is 5.53. The van der Waals surface area contributed by atoms with Crippen molar-refractivity contribution in [3.63, 3.8) is 0 Å². The van der Waals surface area contributed by atoms with Crippen molar-refractivity contribution in [3.8, 4) is 11.8 Å². The second kappa shape index (κ2) is 7.99. The smallest absolute Gasteiger partial charge is 0.123 e. The predicted octanol–water partition coefficient (Wildman–Crippen LogP) is 4.93. The average Bonchev–Trinajstić information content (AvgIpc) is 2.66. The minimum atomic E-state index is 0.513. The number of ether oxygens (including phenoxy) is 1. The maximum atomic E-state index is 9.14. The number of nitriles is 1. The standard InChI is InChI=1S/C22H18NO/c23-16-20-12-14-22(24-17-19-9-5-2-6-10-19)21(15-20)13-11-18-7-3-1-4-8-18/h1-10,12-15H,11,17H2. The highest BCUT2D eigenvalue weighted by atomic mass is 16.5. The molecular formula is C22H18NO. The van der Waals surface area contributed by atoms with Crippen molar-refractivity contribution in [3.05, 3.63) is 108 Å². The van der Waals surface area contributed by atoms with Crippen molar-refractivity contribution in [1.82, 2.24) is 0 Å². The summed E-state index contributed by atoms with van der Waals surface area (Å²) < 4.78 is 5.97. The van der Waals surface area contributed by atoms with Crippen LogP contribution in [0.25, 0.3) is 0 Å². The normalized spacial score (nSPS) is 10.1. The van der Waals surface area contributed by atoms with Gasteiger partial charge in [-0.2, -0.15) is 5.26 Å². The predicted molar refractivity (Wildman–Crippen MR) is 95.5 cm³/mol. The maximum Gasteiger partial charge on any atom is 0.123 e. The molecule has 3 aromatic rings. The molecule has 0 aliphatic heterocycles. The van der Waals surface area contributed by atoms with Crippen LogP contribution in [0.15, 0.2) is 78.9 Å². The highest BCUT2D eigenvalue weighted by Crippen LogP contribution is 2.24. The fraction of sp³-hybridized carbons (Fsp3) is 0.0909. The van der Waals surface area contributed by atoms with Gasteiger partial charge in [0.1, 0.15) is 12.4 Å². The Bertz CT molecular complexity index is 820. The summed E-state index contributed by atoms with van der Waals surface area (Å²) in [7, 11) is 0. The van der Waals surface area contributed by atoms with Crippen LogP contribution < -0.4 is 4.74 Å². The first kappa shape index (κ1) is 15.8. The number of hydrogen-bond acceptors (Lipinski definition) is 2. The SMILES string of the molecule is N#Cc1ccc(OCc2ccccc2)c([CH]Cc2ccccc2)c1. The fourth-order valence-corrected chi connectivity index (χ4v) is 2.49. The van der Waals surface area contributed by atoms with Crippen LogP contribution >= 0.6 is 0 Å². The summed E-state index contributed by atoms with van der Waals surface area (Å²) >= 11 is 0. The Hall–Kier alpha value is -3.05. The average molecular weight is 312 g/mol. The van der Waals surface area contributed by atoms with Crippen LogP contribution in [-0.4, -0.2) is 0 Å². The molecule has 0 spiro atoms. The molecule has 0 unspecified atom stereocenters. The van der Waals surface area contributed by atoms with Gasteiger partial charge in [-0.15, -0.1) is 0 Å². The van der Waals surface area contributed by atoms with E-state index in [9.17, 15) is 0 Å². The highest BCUT2D eigenvalue weighted by molar-refractivity contribution is 5.46. The number of benzene rings is 3. The lowest BCUT2D eigenvalue weighted by Gasteiger charge is -2.12. The molecule has 0 aliphatic carbocycles. The van der Waals surface area contributed by atoms with Gasteiger partial charge in [-0.1, -0.05) is 60.7 Å². The van der Waals surface area contributed by atoms with Crippen molar-refractivity contribution < 1.29 is 4.74 Å². The Kier molecular flexibility index (Phi) is 5.27. The molecule has 3 rings (SSSR count). The van der Waals surface area contributed by atoms with Crippen LogP contribution in [-0.2, 0) is 13.0 Å². The van der Waals surface area contributed by atoms with Crippen LogP contribution in [0.1, 0.15) is 22.3 Å². The van der Waals surface area contributed by atoms with E-state index in [-0.39, 0.29) is 0 Å². The molecule has 0 aromatic heterocycles. The van der Waals surface area contributed by atoms with E-state index in [1.54, 1.807) is 6.07 Å². The summed E-state index contributed by atoms with van der Waals surface area (Å²) in [4.78, 5) is 0. The third-order valence-corrected chi connectivity index (χ3v) is 3.78. The molecule has 0 bridgehead atoms. The molecule has 24 heavy (non-hydrogen) atoms. The summed E-state index contributed by atoms with van der Waals surface area (Å²) in [5.74, 6) is 0.800. The minimum Gasteiger partial charge on any atom is -0.489 e. The summed E-state index contributed by atoms with van der Waals surface area (Å²) in [6.45, 7) is 0.513. The van der Waals surface area contributed by atoms with E-state index in [4.69, 9.17) is 10.00 Å². The topological polar surface area (TPSA) is 33.0 Å². The van der Waals surface area contributed by atoms with Gasteiger partial charge in [0, 0.05) is 0 Å². The molecule has 0 N–H and O–H groups in total. The molecule has 2 heteroatoms.